The van der Waals surface area contributed by atoms with Crippen molar-refractivity contribution in [1.82, 2.24) is 5.32 Å². The Morgan fingerprint density at radius 1 is 1.35 bits per heavy atom. The van der Waals surface area contributed by atoms with Crippen molar-refractivity contribution in [2.45, 2.75) is 12.8 Å². The van der Waals surface area contributed by atoms with Crippen molar-refractivity contribution in [3.05, 3.63) is 17.2 Å². The smallest absolute Gasteiger partial charge is 0.228 e. The van der Waals surface area contributed by atoms with Gasteiger partial charge in [-0.1, -0.05) is 11.6 Å². The number of ether oxygens (including phenoxy) is 2. The van der Waals surface area contributed by atoms with Gasteiger partial charge in [0.2, 0.25) is 5.91 Å². The Morgan fingerprint density at radius 2 is 2.10 bits per heavy atom. The van der Waals surface area contributed by atoms with Gasteiger partial charge >= 0.3 is 0 Å². The molecule has 6 heteroatoms. The first-order chi connectivity index (χ1) is 9.65. The molecular weight excluding hydrogens is 280 g/mol. The third-order valence-corrected chi connectivity index (χ3v) is 3.69. The number of hydrogen-bond donors (Lipinski definition) is 2. The summed E-state index contributed by atoms with van der Waals surface area (Å²) in [5, 5.41) is 6.54. The third-order valence-electron chi connectivity index (χ3n) is 3.40. The molecule has 1 atom stereocenters. The molecular formula is C14H19ClN2O3. The number of carbonyl (C=O) groups is 1. The Morgan fingerprint density at radius 3 is 2.70 bits per heavy atom. The van der Waals surface area contributed by atoms with Gasteiger partial charge in [-0.15, -0.1) is 0 Å². The van der Waals surface area contributed by atoms with Crippen molar-refractivity contribution < 1.29 is 14.3 Å². The number of carbonyl (C=O) groups excluding carboxylic acids is 1. The highest BCUT2D eigenvalue weighted by molar-refractivity contribution is 6.32. The standard InChI is InChI=1S/C14H19ClN2O3/c1-19-12-7-13(20-2)11(6-10(12)15)17-14(18)9-4-3-5-16-8-9/h6-7,9,16H,3-5,8H2,1-2H3,(H,17,18)/t9-/m1/s1. The fourth-order valence-electron chi connectivity index (χ4n) is 2.27. The summed E-state index contributed by atoms with van der Waals surface area (Å²) in [6.45, 7) is 1.68. The number of piperidine rings is 1. The lowest BCUT2D eigenvalue weighted by Gasteiger charge is -2.22. The van der Waals surface area contributed by atoms with Crippen LogP contribution in [-0.4, -0.2) is 33.2 Å². The lowest BCUT2D eigenvalue weighted by molar-refractivity contribution is -0.120. The minimum absolute atomic E-state index is 0.0169. The normalized spacial score (nSPS) is 18.4. The van der Waals surface area contributed by atoms with Gasteiger partial charge in [0.25, 0.3) is 0 Å². The van der Waals surface area contributed by atoms with Crippen LogP contribution in [0.15, 0.2) is 12.1 Å². The number of amides is 1. The monoisotopic (exact) mass is 298 g/mol. The number of halogens is 1. The van der Waals surface area contributed by atoms with E-state index in [4.69, 9.17) is 21.1 Å². The van der Waals surface area contributed by atoms with Crippen LogP contribution < -0.4 is 20.1 Å². The highest BCUT2D eigenvalue weighted by atomic mass is 35.5. The average Bonchev–Trinajstić information content (AvgIpc) is 2.48. The van der Waals surface area contributed by atoms with E-state index in [-0.39, 0.29) is 11.8 Å². The van der Waals surface area contributed by atoms with Gasteiger partial charge in [-0.2, -0.15) is 0 Å². The molecule has 0 bridgehead atoms. The summed E-state index contributed by atoms with van der Waals surface area (Å²) in [5.41, 5.74) is 0.564. The van der Waals surface area contributed by atoms with E-state index in [9.17, 15) is 4.79 Å². The van der Waals surface area contributed by atoms with E-state index >= 15 is 0 Å². The van der Waals surface area contributed by atoms with E-state index in [0.717, 1.165) is 19.4 Å². The Hall–Kier alpha value is -1.46. The lowest BCUT2D eigenvalue weighted by Crippen LogP contribution is -2.37. The number of anilines is 1. The van der Waals surface area contributed by atoms with E-state index in [1.807, 2.05) is 0 Å². The molecule has 1 saturated heterocycles. The van der Waals surface area contributed by atoms with Crippen molar-refractivity contribution in [2.75, 3.05) is 32.6 Å². The first-order valence-corrected chi connectivity index (χ1v) is 6.96. The van der Waals surface area contributed by atoms with Gasteiger partial charge < -0.3 is 20.1 Å². The molecule has 0 aromatic heterocycles. The summed E-state index contributed by atoms with van der Waals surface area (Å²) < 4.78 is 10.4. The second-order valence-corrected chi connectivity index (χ2v) is 5.13. The van der Waals surface area contributed by atoms with Crippen LogP contribution >= 0.6 is 11.6 Å². The first kappa shape index (κ1) is 14.9. The molecule has 110 valence electrons. The predicted molar refractivity (Wildman–Crippen MR) is 78.8 cm³/mol. The Kier molecular flexibility index (Phi) is 5.09. The van der Waals surface area contributed by atoms with Crippen LogP contribution in [0.3, 0.4) is 0 Å². The number of benzene rings is 1. The van der Waals surface area contributed by atoms with Crippen molar-refractivity contribution in [3.63, 3.8) is 0 Å². The van der Waals surface area contributed by atoms with Crippen LogP contribution in [0, 0.1) is 5.92 Å². The van der Waals surface area contributed by atoms with E-state index < -0.39 is 0 Å². The van der Waals surface area contributed by atoms with Gasteiger partial charge in [-0.3, -0.25) is 4.79 Å². The molecule has 2 N–H and O–H groups in total. The first-order valence-electron chi connectivity index (χ1n) is 6.58. The Bertz CT molecular complexity index is 488. The van der Waals surface area contributed by atoms with Crippen LogP contribution in [-0.2, 0) is 4.79 Å². The minimum Gasteiger partial charge on any atom is -0.495 e. The molecule has 0 unspecified atom stereocenters. The highest BCUT2D eigenvalue weighted by Crippen LogP contribution is 2.36. The molecule has 0 saturated carbocycles. The zero-order valence-corrected chi connectivity index (χ0v) is 12.4. The van der Waals surface area contributed by atoms with Crippen LogP contribution in [0.4, 0.5) is 5.69 Å². The third kappa shape index (κ3) is 3.35. The molecule has 0 spiro atoms. The Labute approximate surface area is 123 Å². The highest BCUT2D eigenvalue weighted by Gasteiger charge is 2.22. The van der Waals surface area contributed by atoms with Gasteiger partial charge in [0.15, 0.2) is 0 Å². The van der Waals surface area contributed by atoms with Gasteiger partial charge in [0, 0.05) is 12.6 Å². The van der Waals surface area contributed by atoms with E-state index in [1.54, 1.807) is 19.2 Å². The molecule has 0 aliphatic carbocycles. The maximum Gasteiger partial charge on any atom is 0.228 e. The fourth-order valence-corrected chi connectivity index (χ4v) is 2.51. The number of rotatable bonds is 4. The van der Waals surface area contributed by atoms with Crippen molar-refractivity contribution in [2.24, 2.45) is 5.92 Å². The predicted octanol–water partition coefficient (Wildman–Crippen LogP) is 2.30. The van der Waals surface area contributed by atoms with Crippen LogP contribution in [0.2, 0.25) is 5.02 Å². The lowest BCUT2D eigenvalue weighted by atomic mass is 9.99. The van der Waals surface area contributed by atoms with Gasteiger partial charge in [-0.25, -0.2) is 0 Å². The molecule has 1 aliphatic heterocycles. The molecule has 1 heterocycles. The second kappa shape index (κ2) is 6.81. The maximum atomic E-state index is 12.2. The topological polar surface area (TPSA) is 59.6 Å². The molecule has 0 radical (unpaired) electrons. The molecule has 1 aromatic carbocycles. The fraction of sp³-hybridized carbons (Fsp3) is 0.500. The molecule has 1 aliphatic rings. The van der Waals surface area contributed by atoms with E-state index in [0.29, 0.717) is 28.8 Å². The molecule has 20 heavy (non-hydrogen) atoms. The summed E-state index contributed by atoms with van der Waals surface area (Å²) in [6.07, 6.45) is 1.91. The van der Waals surface area contributed by atoms with Crippen molar-refractivity contribution >= 4 is 23.2 Å². The number of nitrogens with one attached hydrogen (secondary N) is 2. The largest absolute Gasteiger partial charge is 0.495 e. The summed E-state index contributed by atoms with van der Waals surface area (Å²) >= 11 is 6.08. The molecule has 5 nitrogen and oxygen atoms in total. The SMILES string of the molecule is COc1cc(OC)c(NC(=O)[C@@H]2CCCNC2)cc1Cl. The molecule has 1 aromatic rings. The van der Waals surface area contributed by atoms with Crippen molar-refractivity contribution in [3.8, 4) is 11.5 Å². The zero-order chi connectivity index (χ0) is 14.5. The van der Waals surface area contributed by atoms with Crippen LogP contribution in [0.1, 0.15) is 12.8 Å². The number of hydrogen-bond acceptors (Lipinski definition) is 4. The second-order valence-electron chi connectivity index (χ2n) is 4.72. The zero-order valence-electron chi connectivity index (χ0n) is 11.7. The van der Waals surface area contributed by atoms with Gasteiger partial charge in [0.05, 0.1) is 30.8 Å². The van der Waals surface area contributed by atoms with Crippen LogP contribution in [0.25, 0.3) is 0 Å². The minimum atomic E-state index is -0.0191. The average molecular weight is 299 g/mol. The molecule has 2 rings (SSSR count). The van der Waals surface area contributed by atoms with Crippen LogP contribution in [0.5, 0.6) is 11.5 Å². The van der Waals surface area contributed by atoms with E-state index in [2.05, 4.69) is 10.6 Å². The number of methoxy groups -OCH3 is 2. The Balaban J connectivity index is 2.15. The molecule has 1 amide bonds. The summed E-state index contributed by atoms with van der Waals surface area (Å²) in [7, 11) is 3.08. The summed E-state index contributed by atoms with van der Waals surface area (Å²) in [6, 6.07) is 3.31. The quantitative estimate of drug-likeness (QED) is 0.895. The summed E-state index contributed by atoms with van der Waals surface area (Å²) in [4.78, 5) is 12.2. The van der Waals surface area contributed by atoms with E-state index in [1.165, 1.54) is 7.11 Å². The summed E-state index contributed by atoms with van der Waals surface area (Å²) in [5.74, 6) is 1.01. The van der Waals surface area contributed by atoms with Crippen molar-refractivity contribution in [1.29, 1.82) is 0 Å². The maximum absolute atomic E-state index is 12.2. The van der Waals surface area contributed by atoms with Gasteiger partial charge in [-0.05, 0) is 25.5 Å². The van der Waals surface area contributed by atoms with Gasteiger partial charge in [0.1, 0.15) is 11.5 Å². The molecule has 1 fully saturated rings.